The van der Waals surface area contributed by atoms with E-state index in [1.807, 2.05) is 57.2 Å². The van der Waals surface area contributed by atoms with Crippen LogP contribution in [0.3, 0.4) is 0 Å². The Morgan fingerprint density at radius 3 is 0.667 bits per heavy atom. The first-order valence-electron chi connectivity index (χ1n) is 18.5. The van der Waals surface area contributed by atoms with Crippen molar-refractivity contribution in [3.05, 3.63) is 89.5 Å². The maximum Gasteiger partial charge on any atom is 0.243 e. The van der Waals surface area contributed by atoms with Crippen molar-refractivity contribution in [1.29, 1.82) is 0 Å². The summed E-state index contributed by atoms with van der Waals surface area (Å²) >= 11 is 0. The second-order valence-electron chi connectivity index (χ2n) is 13.9. The summed E-state index contributed by atoms with van der Waals surface area (Å²) in [5, 5.41) is 0. The van der Waals surface area contributed by atoms with Gasteiger partial charge in [0.25, 0.3) is 0 Å². The van der Waals surface area contributed by atoms with Crippen LogP contribution in [0, 0.1) is 20.8 Å². The Bertz CT molecular complexity index is 1590. The molecule has 1 fully saturated rings. The number of aryl methyl sites for hydroxylation is 3. The minimum atomic E-state index is -3.69. The van der Waals surface area contributed by atoms with Gasteiger partial charge in [-0.2, -0.15) is 12.9 Å². The lowest BCUT2D eigenvalue weighted by Gasteiger charge is -2.23. The molecule has 0 bridgehead atoms. The van der Waals surface area contributed by atoms with Crippen molar-refractivity contribution in [2.75, 3.05) is 39.3 Å². The van der Waals surface area contributed by atoms with Gasteiger partial charge in [-0.3, -0.25) is 0 Å². The molecule has 0 saturated carbocycles. The van der Waals surface area contributed by atoms with Gasteiger partial charge in [-0.1, -0.05) is 91.6 Å². The molecular weight excluding hydrogens is 703 g/mol. The molecule has 0 spiro atoms. The first-order valence-corrected chi connectivity index (χ1v) is 22.8. The third-order valence-electron chi connectivity index (χ3n) is 9.67. The molecule has 1 aliphatic rings. The van der Waals surface area contributed by atoms with Crippen LogP contribution in [0.1, 0.15) is 93.7 Å². The van der Waals surface area contributed by atoms with E-state index in [9.17, 15) is 25.3 Å². The van der Waals surface area contributed by atoms with E-state index in [0.29, 0.717) is 77.8 Å². The van der Waals surface area contributed by atoms with Gasteiger partial charge in [-0.25, -0.2) is 25.3 Å². The van der Waals surface area contributed by atoms with Gasteiger partial charge in [0.1, 0.15) is 0 Å². The molecule has 51 heavy (non-hydrogen) atoms. The number of benzene rings is 3. The molecule has 3 aromatic rings. The van der Waals surface area contributed by atoms with Crippen LogP contribution >= 0.6 is 0 Å². The third-order valence-corrected chi connectivity index (χ3v) is 15.4. The normalized spacial score (nSPS) is 18.9. The quantitative estimate of drug-likeness (QED) is 0.255. The van der Waals surface area contributed by atoms with Crippen molar-refractivity contribution in [2.45, 2.75) is 113 Å². The molecule has 0 radical (unpaired) electrons. The zero-order valence-corrected chi connectivity index (χ0v) is 33.1. The molecule has 0 unspecified atom stereocenters. The Morgan fingerprint density at radius 2 is 0.490 bits per heavy atom. The van der Waals surface area contributed by atoms with E-state index in [1.54, 1.807) is 49.3 Å². The Balaban J connectivity index is 1.51. The summed E-state index contributed by atoms with van der Waals surface area (Å²) in [5.74, 6) is 0. The standard InChI is InChI=1S/C39H57N3O6S3/c1-34-16-22-37(23-17-34)49(43,44)40-28-10-4-6-12-30-41(50(45,46)38-24-18-35(2)19-25-38)32-14-8-9-15-33-42(31-13-7-5-11-29-40)51(47,48)39-26-20-36(3)21-27-39/h16-27H,4-15,28-33H2,1-3H3. The van der Waals surface area contributed by atoms with Crippen LogP contribution in [-0.4, -0.2) is 77.4 Å². The monoisotopic (exact) mass is 759 g/mol. The first-order chi connectivity index (χ1) is 24.3. The fourth-order valence-corrected chi connectivity index (χ4v) is 11.0. The van der Waals surface area contributed by atoms with Crippen LogP contribution in [0.15, 0.2) is 87.5 Å². The highest BCUT2D eigenvalue weighted by molar-refractivity contribution is 7.89. The summed E-state index contributed by atoms with van der Waals surface area (Å²) in [5.41, 5.74) is 2.98. The van der Waals surface area contributed by atoms with Crippen LogP contribution < -0.4 is 0 Å². The van der Waals surface area contributed by atoms with Gasteiger partial charge in [0.05, 0.1) is 14.7 Å². The maximum absolute atomic E-state index is 13.7. The highest BCUT2D eigenvalue weighted by atomic mass is 32.2. The van der Waals surface area contributed by atoms with E-state index in [2.05, 4.69) is 0 Å². The summed E-state index contributed by atoms with van der Waals surface area (Å²) < 4.78 is 87.1. The molecule has 4 rings (SSSR count). The molecule has 12 heteroatoms. The van der Waals surface area contributed by atoms with E-state index < -0.39 is 30.1 Å². The number of nitrogens with zero attached hydrogens (tertiary/aromatic N) is 3. The Hall–Kier alpha value is -2.61. The molecule has 9 nitrogen and oxygen atoms in total. The van der Waals surface area contributed by atoms with Gasteiger partial charge in [-0.05, 0) is 95.7 Å². The molecule has 0 aliphatic carbocycles. The molecule has 0 N–H and O–H groups in total. The Labute approximate surface area is 308 Å². The molecule has 1 heterocycles. The molecule has 0 atom stereocenters. The zero-order chi connectivity index (χ0) is 36.9. The Morgan fingerprint density at radius 1 is 0.314 bits per heavy atom. The van der Waals surface area contributed by atoms with Crippen LogP contribution in [0.25, 0.3) is 0 Å². The predicted molar refractivity (Wildman–Crippen MR) is 205 cm³/mol. The minimum absolute atomic E-state index is 0.285. The lowest BCUT2D eigenvalue weighted by Crippen LogP contribution is -2.33. The van der Waals surface area contributed by atoms with Gasteiger partial charge in [0.15, 0.2) is 0 Å². The van der Waals surface area contributed by atoms with Crippen molar-refractivity contribution in [3.63, 3.8) is 0 Å². The molecule has 0 amide bonds. The largest absolute Gasteiger partial charge is 0.243 e. The smallest absolute Gasteiger partial charge is 0.207 e. The highest BCUT2D eigenvalue weighted by Gasteiger charge is 2.27. The van der Waals surface area contributed by atoms with Crippen molar-refractivity contribution >= 4 is 30.1 Å². The van der Waals surface area contributed by atoms with Crippen LogP contribution in [-0.2, 0) is 30.1 Å². The van der Waals surface area contributed by atoms with Gasteiger partial charge in [0, 0.05) is 39.3 Å². The zero-order valence-electron chi connectivity index (χ0n) is 30.7. The highest BCUT2D eigenvalue weighted by Crippen LogP contribution is 2.23. The molecule has 1 aliphatic heterocycles. The topological polar surface area (TPSA) is 112 Å². The van der Waals surface area contributed by atoms with Gasteiger partial charge in [-0.15, -0.1) is 0 Å². The lowest BCUT2D eigenvalue weighted by molar-refractivity contribution is 0.370. The first kappa shape index (κ1) is 41.2. The molecule has 3 aromatic carbocycles. The summed E-state index contributed by atoms with van der Waals surface area (Å²) in [7, 11) is -11.1. The van der Waals surface area contributed by atoms with E-state index >= 15 is 0 Å². The molecule has 0 aromatic heterocycles. The number of rotatable bonds is 6. The fourth-order valence-electron chi connectivity index (χ4n) is 6.42. The molecular formula is C39H57N3O6S3. The van der Waals surface area contributed by atoms with Crippen molar-refractivity contribution in [1.82, 2.24) is 12.9 Å². The summed E-state index contributed by atoms with van der Waals surface area (Å²) in [6.07, 6.45) is 8.86. The van der Waals surface area contributed by atoms with Crippen molar-refractivity contribution in [3.8, 4) is 0 Å². The summed E-state index contributed by atoms with van der Waals surface area (Å²) in [4.78, 5) is 0.854. The van der Waals surface area contributed by atoms with E-state index in [-0.39, 0.29) is 14.7 Å². The Kier molecular flexibility index (Phi) is 15.7. The second-order valence-corrected chi connectivity index (χ2v) is 19.7. The minimum Gasteiger partial charge on any atom is -0.207 e. The summed E-state index contributed by atoms with van der Waals surface area (Å²) in [6.45, 7) is 8.15. The van der Waals surface area contributed by atoms with Crippen LogP contribution in [0.5, 0.6) is 0 Å². The average molecular weight is 760 g/mol. The molecule has 1 saturated heterocycles. The molecule has 282 valence electrons. The van der Waals surface area contributed by atoms with Crippen molar-refractivity contribution < 1.29 is 25.3 Å². The van der Waals surface area contributed by atoms with E-state index in [0.717, 1.165) is 55.2 Å². The lowest BCUT2D eigenvalue weighted by atomic mass is 10.1. The fraction of sp³-hybridized carbons (Fsp3) is 0.538. The van der Waals surface area contributed by atoms with Crippen molar-refractivity contribution in [2.24, 2.45) is 0 Å². The predicted octanol–water partition coefficient (Wildman–Crippen LogP) is 7.68. The third kappa shape index (κ3) is 11.9. The number of hydrogen-bond acceptors (Lipinski definition) is 6. The number of hydrogen-bond donors (Lipinski definition) is 0. The summed E-state index contributed by atoms with van der Waals surface area (Å²) in [6, 6.07) is 20.9. The van der Waals surface area contributed by atoms with E-state index in [4.69, 9.17) is 0 Å². The van der Waals surface area contributed by atoms with Crippen LogP contribution in [0.4, 0.5) is 0 Å². The average Bonchev–Trinajstić information content (AvgIpc) is 3.09. The second kappa shape index (κ2) is 19.5. The van der Waals surface area contributed by atoms with Gasteiger partial charge < -0.3 is 0 Å². The number of sulfonamides is 3. The van der Waals surface area contributed by atoms with Gasteiger partial charge >= 0.3 is 0 Å². The van der Waals surface area contributed by atoms with Gasteiger partial charge in [0.2, 0.25) is 30.1 Å². The van der Waals surface area contributed by atoms with Crippen LogP contribution in [0.2, 0.25) is 0 Å². The SMILES string of the molecule is Cc1ccc(S(=O)(=O)N2CCCCCCN(S(=O)(=O)c3ccc(C)cc3)CCCCCCN(S(=O)(=O)c3ccc(C)cc3)CCCCCC2)cc1. The maximum atomic E-state index is 13.7. The van der Waals surface area contributed by atoms with E-state index in [1.165, 1.54) is 0 Å².